The molecule has 0 aliphatic heterocycles. The highest BCUT2D eigenvalue weighted by molar-refractivity contribution is 7.99. The van der Waals surface area contributed by atoms with Gasteiger partial charge in [-0.05, 0) is 49.2 Å². The average Bonchev–Trinajstić information content (AvgIpc) is 2.50. The van der Waals surface area contributed by atoms with E-state index in [1.807, 2.05) is 26.0 Å². The second-order valence-corrected chi connectivity index (χ2v) is 5.67. The molecule has 0 aromatic heterocycles. The molecule has 5 heteroatoms. The van der Waals surface area contributed by atoms with Crippen molar-refractivity contribution in [3.8, 4) is 6.07 Å². The van der Waals surface area contributed by atoms with E-state index in [2.05, 4.69) is 10.9 Å². The fraction of sp³-hybridized carbons (Fsp3) is 0.188. The van der Waals surface area contributed by atoms with E-state index in [9.17, 15) is 4.91 Å². The van der Waals surface area contributed by atoms with Crippen molar-refractivity contribution in [1.82, 2.24) is 0 Å². The summed E-state index contributed by atoms with van der Waals surface area (Å²) in [5.74, 6) is 0. The van der Waals surface area contributed by atoms with Gasteiger partial charge in [0.15, 0.2) is 7.11 Å². The highest BCUT2D eigenvalue weighted by Gasteiger charge is 2.18. The molecule has 2 aromatic carbocycles. The molecule has 0 saturated heterocycles. The molecule has 0 radical (unpaired) electrons. The smallest absolute Gasteiger partial charge is 0.230 e. The summed E-state index contributed by atoms with van der Waals surface area (Å²) in [5.41, 5.74) is 3.15. The third-order valence-electron chi connectivity index (χ3n) is 3.03. The van der Waals surface area contributed by atoms with Crippen molar-refractivity contribution >= 4 is 17.4 Å². The molecule has 0 unspecified atom stereocenters. The maximum Gasteiger partial charge on any atom is 0.317 e. The van der Waals surface area contributed by atoms with E-state index in [1.54, 1.807) is 36.0 Å². The number of benzene rings is 2. The Bertz CT molecular complexity index is 695. The zero-order chi connectivity index (χ0) is 15.4. The molecule has 21 heavy (non-hydrogen) atoms. The molecule has 0 fully saturated rings. The SMILES string of the molecule is CO[N+](=O)c1cc(C)c(Sc2ccc(C#N)cc2)c(C)c1. The molecular weight excluding hydrogens is 284 g/mol. The predicted molar refractivity (Wildman–Crippen MR) is 81.5 cm³/mol. The van der Waals surface area contributed by atoms with Crippen molar-refractivity contribution in [1.29, 1.82) is 5.26 Å². The summed E-state index contributed by atoms with van der Waals surface area (Å²) in [6.07, 6.45) is 0. The molecular formula is C16H15N2O2S+. The quantitative estimate of drug-likeness (QED) is 0.790. The Balaban J connectivity index is 2.32. The van der Waals surface area contributed by atoms with Crippen LogP contribution in [-0.4, -0.2) is 12.0 Å². The summed E-state index contributed by atoms with van der Waals surface area (Å²) in [7, 11) is 1.34. The summed E-state index contributed by atoms with van der Waals surface area (Å²) < 4.78 is 0. The Hall–Kier alpha value is -2.32. The van der Waals surface area contributed by atoms with E-state index in [0.29, 0.717) is 16.2 Å². The fourth-order valence-corrected chi connectivity index (χ4v) is 2.96. The lowest BCUT2D eigenvalue weighted by Crippen LogP contribution is -1.99. The lowest BCUT2D eigenvalue weighted by Gasteiger charge is -2.09. The van der Waals surface area contributed by atoms with Crippen molar-refractivity contribution in [2.24, 2.45) is 0 Å². The Morgan fingerprint density at radius 2 is 1.71 bits per heavy atom. The van der Waals surface area contributed by atoms with Crippen molar-refractivity contribution in [2.45, 2.75) is 23.6 Å². The largest absolute Gasteiger partial charge is 0.317 e. The maximum absolute atomic E-state index is 11.5. The van der Waals surface area contributed by atoms with Crippen molar-refractivity contribution in [2.75, 3.05) is 7.11 Å². The predicted octanol–water partition coefficient (Wildman–Crippen LogP) is 4.30. The summed E-state index contributed by atoms with van der Waals surface area (Å²) >= 11 is 1.62. The highest BCUT2D eigenvalue weighted by atomic mass is 32.2. The topological polar surface area (TPSA) is 53.1 Å². The van der Waals surface area contributed by atoms with Gasteiger partial charge < -0.3 is 0 Å². The summed E-state index contributed by atoms with van der Waals surface area (Å²) in [5, 5.41) is 8.81. The Kier molecular flexibility index (Phi) is 4.61. The lowest BCUT2D eigenvalue weighted by molar-refractivity contribution is -0.736. The molecule has 0 bridgehead atoms. The van der Waals surface area contributed by atoms with Crippen molar-refractivity contribution in [3.05, 3.63) is 58.0 Å². The van der Waals surface area contributed by atoms with Crippen molar-refractivity contribution < 1.29 is 9.76 Å². The van der Waals surface area contributed by atoms with Gasteiger partial charge in [0.05, 0.1) is 16.5 Å². The maximum atomic E-state index is 11.5. The molecule has 2 aromatic rings. The zero-order valence-corrected chi connectivity index (χ0v) is 12.9. The van der Waals surface area contributed by atoms with Gasteiger partial charge in [-0.2, -0.15) is 5.26 Å². The molecule has 0 spiro atoms. The van der Waals surface area contributed by atoms with Crippen LogP contribution in [0.1, 0.15) is 16.7 Å². The van der Waals surface area contributed by atoms with E-state index < -0.39 is 0 Å². The van der Waals surface area contributed by atoms with Crippen LogP contribution in [0.4, 0.5) is 5.69 Å². The Morgan fingerprint density at radius 1 is 1.14 bits per heavy atom. The van der Waals surface area contributed by atoms with Gasteiger partial charge >= 0.3 is 5.69 Å². The van der Waals surface area contributed by atoms with Crippen LogP contribution < -0.4 is 0 Å². The molecule has 0 aliphatic rings. The van der Waals surface area contributed by atoms with Gasteiger partial charge in [-0.3, -0.25) is 0 Å². The monoisotopic (exact) mass is 299 g/mol. The first-order chi connectivity index (χ1) is 10.0. The van der Waals surface area contributed by atoms with Gasteiger partial charge in [-0.15, -0.1) is 0 Å². The first-order valence-corrected chi connectivity index (χ1v) is 7.17. The molecule has 2 rings (SSSR count). The summed E-state index contributed by atoms with van der Waals surface area (Å²) in [6, 6.07) is 13.1. The van der Waals surface area contributed by atoms with Crippen LogP contribution in [0.3, 0.4) is 0 Å². The molecule has 4 nitrogen and oxygen atoms in total. The third kappa shape index (κ3) is 3.41. The fourth-order valence-electron chi connectivity index (χ4n) is 2.01. The number of hydrogen-bond acceptors (Lipinski definition) is 4. The van der Waals surface area contributed by atoms with Gasteiger partial charge in [0.1, 0.15) is 0 Å². The normalized spacial score (nSPS) is 10.0. The Morgan fingerprint density at radius 3 is 2.19 bits per heavy atom. The second-order valence-electron chi connectivity index (χ2n) is 4.59. The summed E-state index contributed by atoms with van der Waals surface area (Å²) in [6.45, 7) is 3.93. The number of rotatable bonds is 4. The van der Waals surface area contributed by atoms with Crippen molar-refractivity contribution in [3.63, 3.8) is 0 Å². The molecule has 0 atom stereocenters. The number of aryl methyl sites for hydroxylation is 2. The van der Waals surface area contributed by atoms with Crippen LogP contribution in [-0.2, 0) is 4.84 Å². The van der Waals surface area contributed by atoms with Crippen LogP contribution in [0, 0.1) is 30.1 Å². The highest BCUT2D eigenvalue weighted by Crippen LogP contribution is 2.35. The van der Waals surface area contributed by atoms with E-state index in [4.69, 9.17) is 5.26 Å². The minimum atomic E-state index is 0.483. The molecule has 0 aliphatic carbocycles. The molecule has 106 valence electrons. The van der Waals surface area contributed by atoms with E-state index >= 15 is 0 Å². The zero-order valence-electron chi connectivity index (χ0n) is 12.1. The van der Waals surface area contributed by atoms with Crippen LogP contribution >= 0.6 is 11.8 Å². The minimum absolute atomic E-state index is 0.483. The molecule has 0 amide bonds. The first kappa shape index (κ1) is 15.1. The van der Waals surface area contributed by atoms with Gasteiger partial charge in [0, 0.05) is 21.9 Å². The van der Waals surface area contributed by atoms with Crippen LogP contribution in [0.5, 0.6) is 0 Å². The number of nitriles is 1. The van der Waals surface area contributed by atoms with Gasteiger partial charge in [0.2, 0.25) is 0 Å². The van der Waals surface area contributed by atoms with Gasteiger partial charge in [-0.1, -0.05) is 11.8 Å². The van der Waals surface area contributed by atoms with Gasteiger partial charge in [-0.25, -0.2) is 4.84 Å². The minimum Gasteiger partial charge on any atom is -0.230 e. The molecule has 0 heterocycles. The molecule has 0 N–H and O–H groups in total. The van der Waals surface area contributed by atoms with Gasteiger partial charge in [0.25, 0.3) is 4.92 Å². The second kappa shape index (κ2) is 6.42. The van der Waals surface area contributed by atoms with E-state index in [-0.39, 0.29) is 0 Å². The summed E-state index contributed by atoms with van der Waals surface area (Å²) in [4.78, 5) is 18.8. The van der Waals surface area contributed by atoms with E-state index in [1.165, 1.54) is 7.11 Å². The average molecular weight is 299 g/mol. The third-order valence-corrected chi connectivity index (χ3v) is 4.38. The number of nitrogens with zero attached hydrogens (tertiary/aromatic N) is 2. The van der Waals surface area contributed by atoms with E-state index in [0.717, 1.165) is 20.9 Å². The van der Waals surface area contributed by atoms with Crippen LogP contribution in [0.15, 0.2) is 46.2 Å². The molecule has 0 saturated carbocycles. The number of hydrogen-bond donors (Lipinski definition) is 0. The standard InChI is InChI=1S/C16H15N2O2S/c1-11-8-14(18(19)20-3)9-12(2)16(11)21-15-6-4-13(10-17)5-7-15/h4-9H,1-3H3/q+1. The lowest BCUT2D eigenvalue weighted by atomic mass is 10.1. The van der Waals surface area contributed by atoms with Crippen LogP contribution in [0.2, 0.25) is 0 Å². The van der Waals surface area contributed by atoms with Crippen LogP contribution in [0.25, 0.3) is 0 Å². The Labute approximate surface area is 127 Å². The first-order valence-electron chi connectivity index (χ1n) is 6.35.